The van der Waals surface area contributed by atoms with Gasteiger partial charge in [0.25, 0.3) is 0 Å². The zero-order valence-corrected chi connectivity index (χ0v) is 10.3. The van der Waals surface area contributed by atoms with Crippen molar-refractivity contribution in [1.29, 1.82) is 0 Å². The van der Waals surface area contributed by atoms with Crippen LogP contribution in [-0.4, -0.2) is 25.8 Å². The second kappa shape index (κ2) is 9.47. The molecule has 1 N–H and O–H groups in total. The summed E-state index contributed by atoms with van der Waals surface area (Å²) in [6, 6.07) is 0. The zero-order valence-electron chi connectivity index (χ0n) is 10.3. The van der Waals surface area contributed by atoms with Crippen LogP contribution in [0.5, 0.6) is 0 Å². The molecule has 0 spiro atoms. The average molecular weight is 201 g/mol. The van der Waals surface area contributed by atoms with Crippen molar-refractivity contribution in [1.82, 2.24) is 5.32 Å². The Kier molecular flexibility index (Phi) is 9.42. The Morgan fingerprint density at radius 2 is 1.86 bits per heavy atom. The van der Waals surface area contributed by atoms with Gasteiger partial charge in [0.15, 0.2) is 0 Å². The summed E-state index contributed by atoms with van der Waals surface area (Å²) >= 11 is 0. The number of rotatable bonds is 9. The molecule has 0 heterocycles. The lowest BCUT2D eigenvalue weighted by molar-refractivity contribution is 0.0486. The highest BCUT2D eigenvalue weighted by Crippen LogP contribution is 1.99. The minimum absolute atomic E-state index is 0.403. The number of nitrogens with one attached hydrogen (secondary N) is 1. The van der Waals surface area contributed by atoms with E-state index in [-0.39, 0.29) is 0 Å². The third-order valence-electron chi connectivity index (χ3n) is 2.23. The fourth-order valence-corrected chi connectivity index (χ4v) is 1.25. The van der Waals surface area contributed by atoms with Crippen LogP contribution < -0.4 is 5.32 Å². The molecule has 0 rings (SSSR count). The normalized spacial score (nSPS) is 13.5. The summed E-state index contributed by atoms with van der Waals surface area (Å²) in [6.45, 7) is 11.8. The van der Waals surface area contributed by atoms with Crippen LogP contribution >= 0.6 is 0 Å². The summed E-state index contributed by atoms with van der Waals surface area (Å²) in [5.41, 5.74) is 0. The molecule has 0 aliphatic carbocycles. The molecular weight excluding hydrogens is 174 g/mol. The van der Waals surface area contributed by atoms with Gasteiger partial charge in [0.1, 0.15) is 0 Å². The van der Waals surface area contributed by atoms with E-state index in [9.17, 15) is 0 Å². The first-order chi connectivity index (χ1) is 6.70. The highest BCUT2D eigenvalue weighted by molar-refractivity contribution is 4.60. The van der Waals surface area contributed by atoms with Crippen molar-refractivity contribution < 1.29 is 4.74 Å². The van der Waals surface area contributed by atoms with Crippen LogP contribution in [0.4, 0.5) is 0 Å². The largest absolute Gasteiger partial charge is 0.377 e. The lowest BCUT2D eigenvalue weighted by Crippen LogP contribution is -2.31. The van der Waals surface area contributed by atoms with Crippen LogP contribution in [0.1, 0.15) is 47.0 Å². The van der Waals surface area contributed by atoms with Gasteiger partial charge in [-0.3, -0.25) is 0 Å². The van der Waals surface area contributed by atoms with Crippen LogP contribution in [0.3, 0.4) is 0 Å². The van der Waals surface area contributed by atoms with Crippen molar-refractivity contribution >= 4 is 0 Å². The first kappa shape index (κ1) is 13.9. The van der Waals surface area contributed by atoms with E-state index >= 15 is 0 Å². The Bertz CT molecular complexity index is 115. The van der Waals surface area contributed by atoms with E-state index in [1.54, 1.807) is 0 Å². The lowest BCUT2D eigenvalue weighted by Gasteiger charge is -2.17. The maximum Gasteiger partial charge on any atom is 0.0696 e. The number of hydrogen-bond acceptors (Lipinski definition) is 2. The molecule has 0 radical (unpaired) electrons. The molecule has 0 aliphatic heterocycles. The SMILES string of the molecule is CCCCOC(CC)CNCC(C)C. The third-order valence-corrected chi connectivity index (χ3v) is 2.23. The van der Waals surface area contributed by atoms with E-state index in [0.29, 0.717) is 6.10 Å². The van der Waals surface area contributed by atoms with Gasteiger partial charge >= 0.3 is 0 Å². The van der Waals surface area contributed by atoms with Crippen LogP contribution in [0.15, 0.2) is 0 Å². The van der Waals surface area contributed by atoms with Crippen molar-refractivity contribution in [3.63, 3.8) is 0 Å². The molecule has 1 unspecified atom stereocenters. The molecule has 1 atom stereocenters. The van der Waals surface area contributed by atoms with Gasteiger partial charge in [-0.2, -0.15) is 0 Å². The summed E-state index contributed by atoms with van der Waals surface area (Å²) in [5.74, 6) is 0.725. The lowest BCUT2D eigenvalue weighted by atomic mass is 10.2. The molecule has 0 fully saturated rings. The first-order valence-electron chi connectivity index (χ1n) is 6.03. The molecule has 0 saturated carbocycles. The topological polar surface area (TPSA) is 21.3 Å². The Labute approximate surface area is 89.4 Å². The molecule has 2 nitrogen and oxygen atoms in total. The van der Waals surface area contributed by atoms with E-state index in [4.69, 9.17) is 4.74 Å². The van der Waals surface area contributed by atoms with E-state index < -0.39 is 0 Å². The molecule has 0 bridgehead atoms. The molecule has 2 heteroatoms. The predicted molar refractivity (Wildman–Crippen MR) is 62.6 cm³/mol. The van der Waals surface area contributed by atoms with E-state index in [2.05, 4.69) is 33.0 Å². The monoisotopic (exact) mass is 201 g/mol. The van der Waals surface area contributed by atoms with Gasteiger partial charge in [0, 0.05) is 13.2 Å². The number of unbranched alkanes of at least 4 members (excludes halogenated alkanes) is 1. The van der Waals surface area contributed by atoms with Gasteiger partial charge in [0.05, 0.1) is 6.10 Å². The smallest absolute Gasteiger partial charge is 0.0696 e. The molecule has 0 aromatic heterocycles. The highest BCUT2D eigenvalue weighted by Gasteiger charge is 2.05. The van der Waals surface area contributed by atoms with Crippen LogP contribution in [0.2, 0.25) is 0 Å². The van der Waals surface area contributed by atoms with Gasteiger partial charge in [0.2, 0.25) is 0 Å². The zero-order chi connectivity index (χ0) is 10.8. The summed E-state index contributed by atoms with van der Waals surface area (Å²) in [4.78, 5) is 0. The van der Waals surface area contributed by atoms with Crippen molar-refractivity contribution in [2.45, 2.75) is 53.1 Å². The summed E-state index contributed by atoms with van der Waals surface area (Å²) in [6.07, 6.45) is 3.91. The Morgan fingerprint density at radius 3 is 2.36 bits per heavy atom. The molecule has 14 heavy (non-hydrogen) atoms. The Morgan fingerprint density at radius 1 is 1.14 bits per heavy atom. The minimum Gasteiger partial charge on any atom is -0.377 e. The first-order valence-corrected chi connectivity index (χ1v) is 6.03. The van der Waals surface area contributed by atoms with Crippen molar-refractivity contribution in [2.24, 2.45) is 5.92 Å². The average Bonchev–Trinajstić information content (AvgIpc) is 2.15. The van der Waals surface area contributed by atoms with Crippen molar-refractivity contribution in [3.8, 4) is 0 Å². The van der Waals surface area contributed by atoms with Gasteiger partial charge in [-0.1, -0.05) is 34.1 Å². The van der Waals surface area contributed by atoms with Gasteiger partial charge in [-0.25, -0.2) is 0 Å². The maximum absolute atomic E-state index is 5.75. The van der Waals surface area contributed by atoms with E-state index in [0.717, 1.165) is 32.0 Å². The van der Waals surface area contributed by atoms with E-state index in [1.165, 1.54) is 12.8 Å². The summed E-state index contributed by atoms with van der Waals surface area (Å²) < 4.78 is 5.75. The maximum atomic E-state index is 5.75. The summed E-state index contributed by atoms with van der Waals surface area (Å²) in [7, 11) is 0. The van der Waals surface area contributed by atoms with Crippen LogP contribution in [-0.2, 0) is 4.74 Å². The number of hydrogen-bond donors (Lipinski definition) is 1. The second-order valence-corrected chi connectivity index (χ2v) is 4.31. The van der Waals surface area contributed by atoms with Crippen molar-refractivity contribution in [2.75, 3.05) is 19.7 Å². The molecular formula is C12H27NO. The standard InChI is InChI=1S/C12H27NO/c1-5-7-8-14-12(6-2)10-13-9-11(3)4/h11-13H,5-10H2,1-4H3. The molecule has 0 aromatic carbocycles. The highest BCUT2D eigenvalue weighted by atomic mass is 16.5. The van der Waals surface area contributed by atoms with Crippen LogP contribution in [0.25, 0.3) is 0 Å². The Balaban J connectivity index is 3.38. The fourth-order valence-electron chi connectivity index (χ4n) is 1.25. The minimum atomic E-state index is 0.403. The molecule has 0 saturated heterocycles. The second-order valence-electron chi connectivity index (χ2n) is 4.31. The van der Waals surface area contributed by atoms with Crippen LogP contribution in [0, 0.1) is 5.92 Å². The van der Waals surface area contributed by atoms with Crippen molar-refractivity contribution in [3.05, 3.63) is 0 Å². The van der Waals surface area contributed by atoms with E-state index in [1.807, 2.05) is 0 Å². The van der Waals surface area contributed by atoms with Gasteiger partial charge in [-0.15, -0.1) is 0 Å². The molecule has 0 aromatic rings. The fraction of sp³-hybridized carbons (Fsp3) is 1.00. The molecule has 0 aliphatic rings. The third kappa shape index (κ3) is 8.52. The summed E-state index contributed by atoms with van der Waals surface area (Å²) in [5, 5.41) is 3.44. The molecule has 0 amide bonds. The predicted octanol–water partition coefficient (Wildman–Crippen LogP) is 2.83. The molecule has 86 valence electrons. The van der Waals surface area contributed by atoms with Gasteiger partial charge in [-0.05, 0) is 25.3 Å². The number of ether oxygens (including phenoxy) is 1. The Hall–Kier alpha value is -0.0800. The van der Waals surface area contributed by atoms with Gasteiger partial charge < -0.3 is 10.1 Å². The quantitative estimate of drug-likeness (QED) is 0.579.